The van der Waals surface area contributed by atoms with Crippen LogP contribution in [0.2, 0.25) is 0 Å². The summed E-state index contributed by atoms with van der Waals surface area (Å²) in [5.74, 6) is 0.576. The molecule has 19 heavy (non-hydrogen) atoms. The monoisotopic (exact) mass is 248 g/mol. The lowest BCUT2D eigenvalue weighted by molar-refractivity contribution is -0.114. The van der Waals surface area contributed by atoms with Crippen molar-refractivity contribution in [3.05, 3.63) is 77.9 Å². The highest BCUT2D eigenvalue weighted by atomic mass is 16.1. The van der Waals surface area contributed by atoms with Crippen LogP contribution in [0.25, 0.3) is 5.57 Å². The number of carbonyl (C=O) groups is 1. The number of ketones is 1. The summed E-state index contributed by atoms with van der Waals surface area (Å²) in [4.78, 5) is 11.7. The van der Waals surface area contributed by atoms with E-state index in [1.165, 1.54) is 5.56 Å². The predicted molar refractivity (Wildman–Crippen MR) is 77.8 cm³/mol. The molecule has 1 aliphatic rings. The lowest BCUT2D eigenvalue weighted by Crippen LogP contribution is -2.12. The molecule has 1 heteroatoms. The smallest absolute Gasteiger partial charge is 0.156 e. The molecular weight excluding hydrogens is 232 g/mol. The van der Waals surface area contributed by atoms with Crippen molar-refractivity contribution >= 4 is 11.4 Å². The topological polar surface area (TPSA) is 17.1 Å². The van der Waals surface area contributed by atoms with Gasteiger partial charge in [0.25, 0.3) is 0 Å². The number of rotatable bonds is 2. The fraction of sp³-hybridized carbons (Fsp3) is 0.167. The average molecular weight is 248 g/mol. The summed E-state index contributed by atoms with van der Waals surface area (Å²) in [7, 11) is 0. The second-order valence-corrected chi connectivity index (χ2v) is 4.93. The molecule has 0 aromatic heterocycles. The first-order valence-electron chi connectivity index (χ1n) is 6.69. The van der Waals surface area contributed by atoms with E-state index in [2.05, 4.69) is 36.4 Å². The number of allylic oxidation sites excluding steroid dienone is 2. The molecule has 0 bridgehead atoms. The summed E-state index contributed by atoms with van der Waals surface area (Å²) in [5, 5.41) is 0. The largest absolute Gasteiger partial charge is 0.295 e. The van der Waals surface area contributed by atoms with Gasteiger partial charge in [-0.05, 0) is 29.2 Å². The third kappa shape index (κ3) is 2.50. The zero-order valence-electron chi connectivity index (χ0n) is 10.8. The molecule has 0 N–H and O–H groups in total. The fourth-order valence-electron chi connectivity index (χ4n) is 2.73. The second-order valence-electron chi connectivity index (χ2n) is 4.93. The predicted octanol–water partition coefficient (Wildman–Crippen LogP) is 4.22. The van der Waals surface area contributed by atoms with Gasteiger partial charge in [-0.15, -0.1) is 0 Å². The maximum absolute atomic E-state index is 11.7. The Kier molecular flexibility index (Phi) is 3.28. The SMILES string of the molecule is O=C1C=C(c2ccccc2)C(c2ccccc2)CC1. The van der Waals surface area contributed by atoms with Gasteiger partial charge >= 0.3 is 0 Å². The van der Waals surface area contributed by atoms with Crippen molar-refractivity contribution in [2.45, 2.75) is 18.8 Å². The Hall–Kier alpha value is -2.15. The summed E-state index contributed by atoms with van der Waals surface area (Å²) in [6, 6.07) is 20.7. The molecule has 0 amide bonds. The minimum absolute atomic E-state index is 0.242. The Morgan fingerprint density at radius 2 is 1.47 bits per heavy atom. The van der Waals surface area contributed by atoms with Crippen molar-refractivity contribution in [1.29, 1.82) is 0 Å². The van der Waals surface area contributed by atoms with Crippen LogP contribution in [0.1, 0.15) is 29.9 Å². The van der Waals surface area contributed by atoms with E-state index in [9.17, 15) is 4.79 Å². The molecule has 2 aromatic carbocycles. The highest BCUT2D eigenvalue weighted by Crippen LogP contribution is 2.38. The molecule has 2 aromatic rings. The van der Waals surface area contributed by atoms with Crippen LogP contribution in [0.15, 0.2) is 66.7 Å². The molecular formula is C18H16O. The van der Waals surface area contributed by atoms with Gasteiger partial charge in [-0.25, -0.2) is 0 Å². The Balaban J connectivity index is 2.04. The van der Waals surface area contributed by atoms with Gasteiger partial charge in [-0.3, -0.25) is 4.79 Å². The van der Waals surface area contributed by atoms with Gasteiger partial charge in [0, 0.05) is 12.3 Å². The third-order valence-corrected chi connectivity index (χ3v) is 3.68. The van der Waals surface area contributed by atoms with E-state index in [0.717, 1.165) is 17.6 Å². The van der Waals surface area contributed by atoms with Crippen LogP contribution < -0.4 is 0 Å². The lowest BCUT2D eigenvalue weighted by atomic mass is 9.79. The van der Waals surface area contributed by atoms with Crippen LogP contribution in [0.5, 0.6) is 0 Å². The Morgan fingerprint density at radius 3 is 2.16 bits per heavy atom. The molecule has 0 saturated heterocycles. The molecule has 0 spiro atoms. The van der Waals surface area contributed by atoms with Crippen LogP contribution in [0.3, 0.4) is 0 Å². The van der Waals surface area contributed by atoms with Gasteiger partial charge in [0.1, 0.15) is 0 Å². The quantitative estimate of drug-likeness (QED) is 0.777. The lowest BCUT2D eigenvalue weighted by Gasteiger charge is -2.24. The van der Waals surface area contributed by atoms with Gasteiger partial charge in [0.15, 0.2) is 5.78 Å². The molecule has 0 aliphatic heterocycles. The van der Waals surface area contributed by atoms with E-state index in [0.29, 0.717) is 12.3 Å². The Morgan fingerprint density at radius 1 is 0.842 bits per heavy atom. The first-order chi connectivity index (χ1) is 9.34. The van der Waals surface area contributed by atoms with Gasteiger partial charge in [-0.2, -0.15) is 0 Å². The number of hydrogen-bond acceptors (Lipinski definition) is 1. The molecule has 0 radical (unpaired) electrons. The molecule has 1 nitrogen and oxygen atoms in total. The minimum atomic E-state index is 0.242. The average Bonchev–Trinajstić information content (AvgIpc) is 2.49. The number of carbonyl (C=O) groups excluding carboxylic acids is 1. The molecule has 94 valence electrons. The van der Waals surface area contributed by atoms with E-state index in [1.807, 2.05) is 30.3 Å². The van der Waals surface area contributed by atoms with E-state index in [-0.39, 0.29) is 5.78 Å². The number of hydrogen-bond donors (Lipinski definition) is 0. The summed E-state index contributed by atoms with van der Waals surface area (Å²) in [6.07, 6.45) is 3.38. The Bertz CT molecular complexity index is 596. The molecule has 0 fully saturated rings. The standard InChI is InChI=1S/C18H16O/c19-16-11-12-17(14-7-3-1-4-8-14)18(13-16)15-9-5-2-6-10-15/h1-10,13,17H,11-12H2. The van der Waals surface area contributed by atoms with Crippen molar-refractivity contribution < 1.29 is 4.79 Å². The first kappa shape index (κ1) is 11.9. The second kappa shape index (κ2) is 5.23. The van der Waals surface area contributed by atoms with Crippen LogP contribution in [0.4, 0.5) is 0 Å². The molecule has 3 rings (SSSR count). The van der Waals surface area contributed by atoms with E-state index < -0.39 is 0 Å². The van der Waals surface area contributed by atoms with Crippen LogP contribution in [-0.4, -0.2) is 5.78 Å². The summed E-state index contributed by atoms with van der Waals surface area (Å²) < 4.78 is 0. The van der Waals surface area contributed by atoms with Crippen molar-refractivity contribution in [3.63, 3.8) is 0 Å². The number of benzene rings is 2. The summed E-state index contributed by atoms with van der Waals surface area (Å²) in [6.45, 7) is 0. The maximum Gasteiger partial charge on any atom is 0.156 e. The third-order valence-electron chi connectivity index (χ3n) is 3.68. The molecule has 1 atom stereocenters. The molecule has 1 aliphatic carbocycles. The molecule has 0 saturated carbocycles. The molecule has 0 heterocycles. The fourth-order valence-corrected chi connectivity index (χ4v) is 2.73. The highest BCUT2D eigenvalue weighted by Gasteiger charge is 2.23. The minimum Gasteiger partial charge on any atom is -0.295 e. The van der Waals surface area contributed by atoms with Crippen LogP contribution in [0, 0.1) is 0 Å². The van der Waals surface area contributed by atoms with Crippen LogP contribution >= 0.6 is 0 Å². The van der Waals surface area contributed by atoms with Crippen molar-refractivity contribution in [1.82, 2.24) is 0 Å². The van der Waals surface area contributed by atoms with Crippen molar-refractivity contribution in [3.8, 4) is 0 Å². The zero-order valence-corrected chi connectivity index (χ0v) is 10.8. The van der Waals surface area contributed by atoms with Gasteiger partial charge in [0.2, 0.25) is 0 Å². The van der Waals surface area contributed by atoms with Gasteiger partial charge < -0.3 is 0 Å². The highest BCUT2D eigenvalue weighted by molar-refractivity contribution is 5.99. The van der Waals surface area contributed by atoms with Crippen molar-refractivity contribution in [2.75, 3.05) is 0 Å². The first-order valence-corrected chi connectivity index (χ1v) is 6.69. The van der Waals surface area contributed by atoms with Gasteiger partial charge in [0.05, 0.1) is 0 Å². The molecule has 1 unspecified atom stereocenters. The van der Waals surface area contributed by atoms with Crippen LogP contribution in [-0.2, 0) is 4.79 Å². The Labute approximate surface area is 113 Å². The van der Waals surface area contributed by atoms with E-state index >= 15 is 0 Å². The zero-order chi connectivity index (χ0) is 13.1. The van der Waals surface area contributed by atoms with E-state index in [1.54, 1.807) is 0 Å². The normalized spacial score (nSPS) is 19.1. The van der Waals surface area contributed by atoms with Crippen molar-refractivity contribution in [2.24, 2.45) is 0 Å². The van der Waals surface area contributed by atoms with Gasteiger partial charge in [-0.1, -0.05) is 60.7 Å². The summed E-state index contributed by atoms with van der Waals surface area (Å²) in [5.41, 5.74) is 3.61. The van der Waals surface area contributed by atoms with E-state index in [4.69, 9.17) is 0 Å². The summed E-state index contributed by atoms with van der Waals surface area (Å²) >= 11 is 0. The maximum atomic E-state index is 11.7.